The smallest absolute Gasteiger partial charge is 0.260 e. The van der Waals surface area contributed by atoms with Crippen LogP contribution in [0.4, 0.5) is 0 Å². The number of hydrogen-bond acceptors (Lipinski definition) is 4. The highest BCUT2D eigenvalue weighted by Gasteiger charge is 2.23. The van der Waals surface area contributed by atoms with Crippen molar-refractivity contribution in [2.45, 2.75) is 57.8 Å². The van der Waals surface area contributed by atoms with E-state index in [1.165, 1.54) is 6.33 Å². The minimum absolute atomic E-state index is 0.0440. The lowest BCUT2D eigenvalue weighted by Gasteiger charge is -2.14. The Morgan fingerprint density at radius 3 is 2.50 bits per heavy atom. The van der Waals surface area contributed by atoms with Gasteiger partial charge in [-0.25, -0.2) is 18.1 Å². The molecule has 0 aromatic carbocycles. The quantitative estimate of drug-likeness (QED) is 0.845. The summed E-state index contributed by atoms with van der Waals surface area (Å²) in [7, 11) is -3.65. The van der Waals surface area contributed by atoms with Crippen LogP contribution < -0.4 is 4.72 Å². The van der Waals surface area contributed by atoms with Crippen molar-refractivity contribution in [2.24, 2.45) is 0 Å². The van der Waals surface area contributed by atoms with Crippen LogP contribution in [-0.2, 0) is 16.6 Å². The Kier molecular flexibility index (Phi) is 5.02. The SMILES string of the molecule is CCC(NS(=O)(=O)c1cn(C(C)C)cn1)c1cnn(CC)c1. The third-order valence-electron chi connectivity index (χ3n) is 3.53. The van der Waals surface area contributed by atoms with Crippen molar-refractivity contribution in [3.05, 3.63) is 30.5 Å². The summed E-state index contributed by atoms with van der Waals surface area (Å²) in [6.45, 7) is 8.62. The molecule has 1 N–H and O–H groups in total. The predicted molar refractivity (Wildman–Crippen MR) is 83.9 cm³/mol. The van der Waals surface area contributed by atoms with Gasteiger partial charge in [0.15, 0.2) is 5.03 Å². The van der Waals surface area contributed by atoms with Gasteiger partial charge in [0.1, 0.15) is 0 Å². The second kappa shape index (κ2) is 6.62. The highest BCUT2D eigenvalue weighted by molar-refractivity contribution is 7.89. The molecule has 0 fully saturated rings. The number of sulfonamides is 1. The fourth-order valence-electron chi connectivity index (χ4n) is 2.11. The van der Waals surface area contributed by atoms with Crippen LogP contribution in [0.25, 0.3) is 0 Å². The molecule has 22 heavy (non-hydrogen) atoms. The summed E-state index contributed by atoms with van der Waals surface area (Å²) in [4.78, 5) is 4.00. The van der Waals surface area contributed by atoms with E-state index in [0.29, 0.717) is 6.42 Å². The second-order valence-corrected chi connectivity index (χ2v) is 7.13. The van der Waals surface area contributed by atoms with Crippen LogP contribution in [0, 0.1) is 0 Å². The average Bonchev–Trinajstić information content (AvgIpc) is 3.13. The maximum absolute atomic E-state index is 12.5. The first kappa shape index (κ1) is 16.7. The lowest BCUT2D eigenvalue weighted by molar-refractivity contribution is 0.546. The normalized spacial score (nSPS) is 13.7. The number of nitrogens with one attached hydrogen (secondary N) is 1. The topological polar surface area (TPSA) is 81.8 Å². The Balaban J connectivity index is 2.21. The minimum atomic E-state index is -3.65. The van der Waals surface area contributed by atoms with Crippen LogP contribution in [0.2, 0.25) is 0 Å². The largest absolute Gasteiger partial charge is 0.334 e. The number of imidazole rings is 1. The fourth-order valence-corrected chi connectivity index (χ4v) is 3.35. The lowest BCUT2D eigenvalue weighted by Crippen LogP contribution is -2.28. The molecule has 0 bridgehead atoms. The summed E-state index contributed by atoms with van der Waals surface area (Å²) < 4.78 is 31.2. The number of aryl methyl sites for hydroxylation is 1. The average molecular weight is 325 g/mol. The summed E-state index contributed by atoms with van der Waals surface area (Å²) in [5.41, 5.74) is 0.858. The Hall–Kier alpha value is -1.67. The van der Waals surface area contributed by atoms with Gasteiger partial charge in [0.2, 0.25) is 0 Å². The molecule has 2 heterocycles. The van der Waals surface area contributed by atoms with E-state index in [4.69, 9.17) is 0 Å². The van der Waals surface area contributed by atoms with Crippen molar-refractivity contribution in [2.75, 3.05) is 0 Å². The molecule has 8 heteroatoms. The van der Waals surface area contributed by atoms with Crippen molar-refractivity contribution < 1.29 is 8.42 Å². The van der Waals surface area contributed by atoms with Gasteiger partial charge < -0.3 is 4.57 Å². The highest BCUT2D eigenvalue weighted by atomic mass is 32.2. The van der Waals surface area contributed by atoms with E-state index in [1.807, 2.05) is 33.9 Å². The van der Waals surface area contributed by atoms with Gasteiger partial charge >= 0.3 is 0 Å². The molecule has 0 amide bonds. The van der Waals surface area contributed by atoms with Gasteiger partial charge in [-0.15, -0.1) is 0 Å². The van der Waals surface area contributed by atoms with Crippen molar-refractivity contribution in [3.63, 3.8) is 0 Å². The molecular formula is C14H23N5O2S. The molecule has 0 saturated carbocycles. The lowest BCUT2D eigenvalue weighted by atomic mass is 10.1. The van der Waals surface area contributed by atoms with Gasteiger partial charge in [0, 0.05) is 36.6 Å². The summed E-state index contributed by atoms with van der Waals surface area (Å²) >= 11 is 0. The Bertz CT molecular complexity index is 717. The van der Waals surface area contributed by atoms with Crippen molar-refractivity contribution in [1.29, 1.82) is 0 Å². The van der Waals surface area contributed by atoms with Crippen LogP contribution >= 0.6 is 0 Å². The second-order valence-electron chi connectivity index (χ2n) is 5.46. The number of aromatic nitrogens is 4. The van der Waals surface area contributed by atoms with Gasteiger partial charge in [-0.3, -0.25) is 4.68 Å². The zero-order chi connectivity index (χ0) is 16.3. The van der Waals surface area contributed by atoms with Crippen LogP contribution in [0.1, 0.15) is 51.8 Å². The Morgan fingerprint density at radius 1 is 1.27 bits per heavy atom. The van der Waals surface area contributed by atoms with E-state index in [1.54, 1.807) is 21.6 Å². The van der Waals surface area contributed by atoms with Gasteiger partial charge in [-0.1, -0.05) is 6.92 Å². The molecule has 1 unspecified atom stereocenters. The van der Waals surface area contributed by atoms with E-state index in [-0.39, 0.29) is 17.1 Å². The monoisotopic (exact) mass is 325 g/mol. The molecule has 0 radical (unpaired) electrons. The standard InChI is InChI=1S/C14H23N5O2S/c1-5-13(12-7-16-19(6-2)8-12)17-22(20,21)14-9-18(10-15-14)11(3)4/h7-11,13,17H,5-6H2,1-4H3. The molecule has 0 aliphatic carbocycles. The zero-order valence-electron chi connectivity index (χ0n) is 13.4. The summed E-state index contributed by atoms with van der Waals surface area (Å²) in [5, 5.41) is 4.24. The molecule has 2 aromatic rings. The Labute approximate surface area is 131 Å². The molecule has 2 aromatic heterocycles. The van der Waals surface area contributed by atoms with E-state index in [9.17, 15) is 8.42 Å². The van der Waals surface area contributed by atoms with E-state index in [0.717, 1.165) is 12.1 Å². The molecule has 2 rings (SSSR count). The molecule has 0 aliphatic heterocycles. The minimum Gasteiger partial charge on any atom is -0.334 e. The van der Waals surface area contributed by atoms with Gasteiger partial charge in [-0.05, 0) is 27.2 Å². The van der Waals surface area contributed by atoms with E-state index in [2.05, 4.69) is 14.8 Å². The Morgan fingerprint density at radius 2 is 2.00 bits per heavy atom. The molecule has 7 nitrogen and oxygen atoms in total. The molecule has 122 valence electrons. The van der Waals surface area contributed by atoms with E-state index >= 15 is 0 Å². The van der Waals surface area contributed by atoms with Crippen molar-refractivity contribution in [3.8, 4) is 0 Å². The summed E-state index contributed by atoms with van der Waals surface area (Å²) in [5.74, 6) is 0. The predicted octanol–water partition coefficient (Wildman–Crippen LogP) is 2.11. The van der Waals surface area contributed by atoms with Gasteiger partial charge in [0.05, 0.1) is 12.5 Å². The molecule has 0 spiro atoms. The van der Waals surface area contributed by atoms with Crippen molar-refractivity contribution in [1.82, 2.24) is 24.1 Å². The third-order valence-corrected chi connectivity index (χ3v) is 4.89. The fraction of sp³-hybridized carbons (Fsp3) is 0.571. The highest BCUT2D eigenvalue weighted by Crippen LogP contribution is 2.19. The number of hydrogen-bond donors (Lipinski definition) is 1. The van der Waals surface area contributed by atoms with Crippen LogP contribution in [-0.4, -0.2) is 27.7 Å². The van der Waals surface area contributed by atoms with Crippen LogP contribution in [0.3, 0.4) is 0 Å². The zero-order valence-corrected chi connectivity index (χ0v) is 14.2. The van der Waals surface area contributed by atoms with Crippen LogP contribution in [0.5, 0.6) is 0 Å². The van der Waals surface area contributed by atoms with Crippen molar-refractivity contribution >= 4 is 10.0 Å². The number of rotatable bonds is 7. The summed E-state index contributed by atoms with van der Waals surface area (Å²) in [6.07, 6.45) is 7.29. The third kappa shape index (κ3) is 3.56. The summed E-state index contributed by atoms with van der Waals surface area (Å²) in [6, 6.07) is -0.143. The molecular weight excluding hydrogens is 302 g/mol. The molecule has 0 aliphatic rings. The maximum atomic E-state index is 12.5. The van der Waals surface area contributed by atoms with Gasteiger partial charge in [-0.2, -0.15) is 5.10 Å². The van der Waals surface area contributed by atoms with Crippen LogP contribution in [0.15, 0.2) is 29.9 Å². The first-order valence-corrected chi connectivity index (χ1v) is 8.93. The molecule has 0 saturated heterocycles. The first-order valence-electron chi connectivity index (χ1n) is 7.45. The van der Waals surface area contributed by atoms with Gasteiger partial charge in [0.25, 0.3) is 10.0 Å². The van der Waals surface area contributed by atoms with E-state index < -0.39 is 10.0 Å². The maximum Gasteiger partial charge on any atom is 0.260 e. The first-order chi connectivity index (χ1) is 10.4. The molecule has 1 atom stereocenters. The number of nitrogens with zero attached hydrogens (tertiary/aromatic N) is 4.